The fraction of sp³-hybridized carbons (Fsp3) is 0.600. The Kier molecular flexibility index (Phi) is 2.62. The lowest BCUT2D eigenvalue weighted by Gasteiger charge is -2.35. The topological polar surface area (TPSA) is 29.3 Å². The Hall–Kier alpha value is -1.02. The normalized spacial score (nSPS) is 21.5. The summed E-state index contributed by atoms with van der Waals surface area (Å²) in [4.78, 5) is 2.62. The van der Waals surface area contributed by atoms with Crippen molar-refractivity contribution in [3.05, 3.63) is 29.3 Å². The summed E-state index contributed by atoms with van der Waals surface area (Å²) < 4.78 is 0. The number of unbranched alkanes of at least 4 members (excludes halogenated alkanes) is 1. The Morgan fingerprint density at radius 3 is 2.88 bits per heavy atom. The first kappa shape index (κ1) is 11.1. The molecule has 1 saturated carbocycles. The van der Waals surface area contributed by atoms with Crippen molar-refractivity contribution in [1.82, 2.24) is 4.90 Å². The minimum absolute atomic E-state index is 0.495. The minimum Gasteiger partial charge on any atom is -0.399 e. The van der Waals surface area contributed by atoms with Gasteiger partial charge in [-0.2, -0.15) is 0 Å². The van der Waals surface area contributed by atoms with E-state index in [0.717, 1.165) is 12.2 Å². The van der Waals surface area contributed by atoms with Gasteiger partial charge in [0, 0.05) is 24.2 Å². The molecule has 2 nitrogen and oxygen atoms in total. The summed E-state index contributed by atoms with van der Waals surface area (Å²) in [5, 5.41) is 0. The van der Waals surface area contributed by atoms with E-state index in [4.69, 9.17) is 5.73 Å². The molecule has 0 aromatic heterocycles. The number of fused-ring (bicyclic) bond motifs is 2. The van der Waals surface area contributed by atoms with Crippen molar-refractivity contribution in [2.45, 2.75) is 44.6 Å². The van der Waals surface area contributed by atoms with Gasteiger partial charge in [0.05, 0.1) is 0 Å². The maximum atomic E-state index is 5.92. The largest absolute Gasteiger partial charge is 0.399 e. The zero-order chi connectivity index (χ0) is 11.9. The van der Waals surface area contributed by atoms with Crippen LogP contribution in [0.25, 0.3) is 0 Å². The zero-order valence-electron chi connectivity index (χ0n) is 10.7. The smallest absolute Gasteiger partial charge is 0.0317 e. The molecule has 0 amide bonds. The second-order valence-electron chi connectivity index (χ2n) is 5.76. The zero-order valence-corrected chi connectivity index (χ0v) is 10.7. The highest BCUT2D eigenvalue weighted by Crippen LogP contribution is 2.52. The second-order valence-corrected chi connectivity index (χ2v) is 5.76. The van der Waals surface area contributed by atoms with Gasteiger partial charge in [0.15, 0.2) is 0 Å². The fourth-order valence-corrected chi connectivity index (χ4v) is 3.19. The predicted octanol–water partition coefficient (Wildman–Crippen LogP) is 2.92. The Balaban J connectivity index is 1.87. The van der Waals surface area contributed by atoms with Crippen LogP contribution in [0.15, 0.2) is 18.2 Å². The fourth-order valence-electron chi connectivity index (χ4n) is 3.19. The van der Waals surface area contributed by atoms with Crippen molar-refractivity contribution < 1.29 is 0 Å². The first-order valence-electron chi connectivity index (χ1n) is 6.85. The molecular formula is C15H22N2. The van der Waals surface area contributed by atoms with Gasteiger partial charge in [-0.1, -0.05) is 19.4 Å². The molecular weight excluding hydrogens is 208 g/mol. The molecule has 0 saturated heterocycles. The monoisotopic (exact) mass is 230 g/mol. The maximum Gasteiger partial charge on any atom is 0.0317 e. The van der Waals surface area contributed by atoms with Gasteiger partial charge in [-0.25, -0.2) is 0 Å². The van der Waals surface area contributed by atoms with E-state index in [1.807, 2.05) is 0 Å². The molecule has 1 aromatic carbocycles. The Bertz CT molecular complexity index is 421. The number of hydrogen-bond donors (Lipinski definition) is 1. The lowest BCUT2D eigenvalue weighted by Crippen LogP contribution is -2.38. The highest BCUT2D eigenvalue weighted by atomic mass is 15.1. The number of nitrogen functional groups attached to an aromatic ring is 1. The van der Waals surface area contributed by atoms with Crippen molar-refractivity contribution >= 4 is 5.69 Å². The minimum atomic E-state index is 0.495. The number of nitrogens with zero attached hydrogens (tertiary/aromatic N) is 1. The van der Waals surface area contributed by atoms with E-state index < -0.39 is 0 Å². The van der Waals surface area contributed by atoms with E-state index in [2.05, 4.69) is 30.0 Å². The molecule has 1 aromatic rings. The SMILES string of the molecule is CCCCN1Cc2cc(N)ccc2C2(CC2)C1. The summed E-state index contributed by atoms with van der Waals surface area (Å²) in [5.41, 5.74) is 10.4. The lowest BCUT2D eigenvalue weighted by atomic mass is 9.86. The van der Waals surface area contributed by atoms with Crippen LogP contribution < -0.4 is 5.73 Å². The highest BCUT2D eigenvalue weighted by Gasteiger charge is 2.48. The van der Waals surface area contributed by atoms with Gasteiger partial charge in [0.25, 0.3) is 0 Å². The first-order chi connectivity index (χ1) is 8.23. The molecule has 1 aliphatic carbocycles. The van der Waals surface area contributed by atoms with Crippen molar-refractivity contribution in [2.75, 3.05) is 18.8 Å². The lowest BCUT2D eigenvalue weighted by molar-refractivity contribution is 0.218. The average Bonchev–Trinajstić information content (AvgIpc) is 3.06. The van der Waals surface area contributed by atoms with Crippen LogP contribution in [-0.2, 0) is 12.0 Å². The molecule has 92 valence electrons. The molecule has 2 aliphatic rings. The molecule has 1 spiro atoms. The molecule has 0 unspecified atom stereocenters. The van der Waals surface area contributed by atoms with Crippen molar-refractivity contribution in [1.29, 1.82) is 0 Å². The highest BCUT2D eigenvalue weighted by molar-refractivity contribution is 5.50. The van der Waals surface area contributed by atoms with Crippen LogP contribution in [0.4, 0.5) is 5.69 Å². The van der Waals surface area contributed by atoms with Crippen LogP contribution in [0.2, 0.25) is 0 Å². The molecule has 2 N–H and O–H groups in total. The van der Waals surface area contributed by atoms with E-state index >= 15 is 0 Å². The number of rotatable bonds is 3. The Morgan fingerprint density at radius 1 is 1.35 bits per heavy atom. The summed E-state index contributed by atoms with van der Waals surface area (Å²) in [7, 11) is 0. The summed E-state index contributed by atoms with van der Waals surface area (Å²) in [6.07, 6.45) is 5.33. The third-order valence-electron chi connectivity index (χ3n) is 4.30. The van der Waals surface area contributed by atoms with Gasteiger partial charge in [-0.05, 0) is 49.1 Å². The summed E-state index contributed by atoms with van der Waals surface area (Å²) in [5.74, 6) is 0. The van der Waals surface area contributed by atoms with E-state index in [0.29, 0.717) is 5.41 Å². The molecule has 0 atom stereocenters. The molecule has 1 fully saturated rings. The van der Waals surface area contributed by atoms with Crippen LogP contribution in [0.1, 0.15) is 43.7 Å². The molecule has 1 heterocycles. The van der Waals surface area contributed by atoms with Crippen LogP contribution in [-0.4, -0.2) is 18.0 Å². The van der Waals surface area contributed by atoms with Crippen molar-refractivity contribution in [2.24, 2.45) is 0 Å². The van der Waals surface area contributed by atoms with Crippen molar-refractivity contribution in [3.63, 3.8) is 0 Å². The van der Waals surface area contributed by atoms with Gasteiger partial charge < -0.3 is 5.73 Å². The van der Waals surface area contributed by atoms with Crippen molar-refractivity contribution in [3.8, 4) is 0 Å². The van der Waals surface area contributed by atoms with E-state index in [-0.39, 0.29) is 0 Å². The van der Waals surface area contributed by atoms with Gasteiger partial charge in [0.1, 0.15) is 0 Å². The van der Waals surface area contributed by atoms with Crippen LogP contribution in [0.3, 0.4) is 0 Å². The average molecular weight is 230 g/mol. The van der Waals surface area contributed by atoms with Crippen LogP contribution in [0, 0.1) is 0 Å². The van der Waals surface area contributed by atoms with Crippen LogP contribution in [0.5, 0.6) is 0 Å². The van der Waals surface area contributed by atoms with Gasteiger partial charge in [-0.15, -0.1) is 0 Å². The first-order valence-corrected chi connectivity index (χ1v) is 6.85. The summed E-state index contributed by atoms with van der Waals surface area (Å²) in [6, 6.07) is 6.53. The Labute approximate surface area is 104 Å². The van der Waals surface area contributed by atoms with E-state index in [9.17, 15) is 0 Å². The number of benzene rings is 1. The quantitative estimate of drug-likeness (QED) is 0.809. The predicted molar refractivity (Wildman–Crippen MR) is 72.0 cm³/mol. The number of hydrogen-bond acceptors (Lipinski definition) is 2. The summed E-state index contributed by atoms with van der Waals surface area (Å²) >= 11 is 0. The Morgan fingerprint density at radius 2 is 2.18 bits per heavy atom. The van der Waals surface area contributed by atoms with Gasteiger partial charge in [0.2, 0.25) is 0 Å². The third-order valence-corrected chi connectivity index (χ3v) is 4.30. The molecule has 1 aliphatic heterocycles. The molecule has 0 radical (unpaired) electrons. The molecule has 3 rings (SSSR count). The third kappa shape index (κ3) is 1.95. The van der Waals surface area contributed by atoms with Crippen LogP contribution >= 0.6 is 0 Å². The second kappa shape index (κ2) is 4.02. The van der Waals surface area contributed by atoms with Gasteiger partial charge >= 0.3 is 0 Å². The number of nitrogens with two attached hydrogens (primary N) is 1. The summed E-state index contributed by atoms with van der Waals surface area (Å²) in [6.45, 7) is 5.88. The van der Waals surface area contributed by atoms with E-state index in [1.54, 1.807) is 5.56 Å². The molecule has 0 bridgehead atoms. The van der Waals surface area contributed by atoms with E-state index in [1.165, 1.54) is 44.3 Å². The molecule has 2 heteroatoms. The van der Waals surface area contributed by atoms with Gasteiger partial charge in [-0.3, -0.25) is 4.90 Å². The molecule has 17 heavy (non-hydrogen) atoms. The standard InChI is InChI=1S/C15H22N2/c1-2-3-8-17-10-12-9-13(16)4-5-14(12)15(11-17)6-7-15/h4-5,9H,2-3,6-8,10-11,16H2,1H3. The maximum absolute atomic E-state index is 5.92. The number of anilines is 1.